The maximum absolute atomic E-state index is 13.1. The number of nitrogens with one attached hydrogen (secondary N) is 2. The zero-order chi connectivity index (χ0) is 30.6. The SMILES string of the molecule is CCC(C)(C)[S+]([O-])N[C@@H]1[C@H](C)OCC12CCN(c1cnc(Sc3ccnc(C(=O)NCc4cccnc4)c3Cl)cn1)CC2. The van der Waals surface area contributed by atoms with Crippen molar-refractivity contribution in [3.8, 4) is 0 Å². The molecule has 230 valence electrons. The highest BCUT2D eigenvalue weighted by Crippen LogP contribution is 2.44. The van der Waals surface area contributed by atoms with Crippen molar-refractivity contribution in [2.24, 2.45) is 5.41 Å². The van der Waals surface area contributed by atoms with Crippen molar-refractivity contribution in [2.75, 3.05) is 24.6 Å². The molecule has 2 saturated heterocycles. The Balaban J connectivity index is 1.19. The van der Waals surface area contributed by atoms with Gasteiger partial charge in [-0.2, -0.15) is 0 Å². The third kappa shape index (κ3) is 7.26. The van der Waals surface area contributed by atoms with Crippen molar-refractivity contribution in [1.29, 1.82) is 0 Å². The lowest BCUT2D eigenvalue weighted by Crippen LogP contribution is -2.57. The molecule has 5 rings (SSSR count). The van der Waals surface area contributed by atoms with Crippen molar-refractivity contribution < 1.29 is 14.1 Å². The predicted octanol–water partition coefficient (Wildman–Crippen LogP) is 4.82. The van der Waals surface area contributed by atoms with E-state index in [1.807, 2.05) is 26.0 Å². The highest BCUT2D eigenvalue weighted by molar-refractivity contribution is 7.99. The van der Waals surface area contributed by atoms with Gasteiger partial charge < -0.3 is 19.5 Å². The number of piperidine rings is 1. The molecule has 3 aromatic rings. The average Bonchev–Trinajstić information content (AvgIpc) is 3.32. The van der Waals surface area contributed by atoms with Crippen LogP contribution < -0.4 is 14.9 Å². The lowest BCUT2D eigenvalue weighted by molar-refractivity contribution is 0.0945. The van der Waals surface area contributed by atoms with Gasteiger partial charge in [0, 0.05) is 59.9 Å². The Bertz CT molecular complexity index is 1390. The van der Waals surface area contributed by atoms with E-state index in [0.717, 1.165) is 43.7 Å². The standard InChI is InChI=1S/C30H38ClN7O3S2/c1-5-29(3,4)43(40)37-27-20(2)41-19-30(27)9-13-38(14-10-30)23-17-35-24(18-34-23)42-22-8-12-33-26(25(22)31)28(39)36-16-21-7-6-11-32-15-21/h6-8,11-12,15,17-18,20,27,37H,5,9-10,13-14,16,19H2,1-4H3,(H,36,39)/t20-,27+,43?/m0/s1. The number of aromatic nitrogens is 4. The maximum Gasteiger partial charge on any atom is 0.271 e. The Morgan fingerprint density at radius 3 is 2.67 bits per heavy atom. The monoisotopic (exact) mass is 643 g/mol. The number of hydrogen-bond donors (Lipinski definition) is 2. The van der Waals surface area contributed by atoms with Crippen LogP contribution in [-0.2, 0) is 22.6 Å². The Morgan fingerprint density at radius 1 is 1.21 bits per heavy atom. The van der Waals surface area contributed by atoms with Crippen LogP contribution in [0, 0.1) is 5.41 Å². The molecule has 1 unspecified atom stereocenters. The molecule has 3 aromatic heterocycles. The molecule has 0 aliphatic carbocycles. The molecule has 10 nitrogen and oxygen atoms in total. The van der Waals surface area contributed by atoms with Gasteiger partial charge in [0.1, 0.15) is 21.3 Å². The summed E-state index contributed by atoms with van der Waals surface area (Å²) in [5.74, 6) is 0.447. The maximum atomic E-state index is 13.1. The van der Waals surface area contributed by atoms with Crippen LogP contribution >= 0.6 is 23.4 Å². The fraction of sp³-hybridized carbons (Fsp3) is 0.500. The second kappa shape index (κ2) is 13.7. The topological polar surface area (TPSA) is 128 Å². The number of hydrogen-bond acceptors (Lipinski definition) is 10. The van der Waals surface area contributed by atoms with E-state index in [1.54, 1.807) is 37.1 Å². The summed E-state index contributed by atoms with van der Waals surface area (Å²) in [6.07, 6.45) is 11.1. The molecular weight excluding hydrogens is 606 g/mol. The van der Waals surface area contributed by atoms with E-state index in [2.05, 4.69) is 43.7 Å². The molecule has 0 saturated carbocycles. The molecule has 0 aromatic carbocycles. The first-order valence-corrected chi connectivity index (χ1v) is 16.8. The molecule has 5 heterocycles. The minimum absolute atomic E-state index is 0.00650. The zero-order valence-corrected chi connectivity index (χ0v) is 27.3. The summed E-state index contributed by atoms with van der Waals surface area (Å²) in [4.78, 5) is 33.2. The van der Waals surface area contributed by atoms with Crippen LogP contribution in [-0.4, -0.2) is 67.0 Å². The van der Waals surface area contributed by atoms with Gasteiger partial charge in [-0.15, -0.1) is 4.72 Å². The van der Waals surface area contributed by atoms with Crippen LogP contribution in [0.15, 0.2) is 59.1 Å². The number of rotatable bonds is 10. The summed E-state index contributed by atoms with van der Waals surface area (Å²) in [6.45, 7) is 10.8. The van der Waals surface area contributed by atoms with E-state index in [1.165, 1.54) is 11.8 Å². The van der Waals surface area contributed by atoms with Gasteiger partial charge in [0.15, 0.2) is 0 Å². The highest BCUT2D eigenvalue weighted by Gasteiger charge is 2.52. The normalized spacial score (nSPS) is 20.7. The molecule has 2 aliphatic rings. The third-order valence-electron chi connectivity index (χ3n) is 8.51. The van der Waals surface area contributed by atoms with Crippen molar-refractivity contribution in [3.05, 3.63) is 65.5 Å². The highest BCUT2D eigenvalue weighted by atomic mass is 35.5. The quantitative estimate of drug-likeness (QED) is 0.297. The summed E-state index contributed by atoms with van der Waals surface area (Å²) < 4.78 is 22.4. The molecule has 1 amide bonds. The minimum atomic E-state index is -1.15. The molecule has 0 radical (unpaired) electrons. The third-order valence-corrected chi connectivity index (χ3v) is 11.7. The van der Waals surface area contributed by atoms with E-state index >= 15 is 0 Å². The van der Waals surface area contributed by atoms with Crippen LogP contribution in [0.1, 0.15) is 63.0 Å². The predicted molar refractivity (Wildman–Crippen MR) is 170 cm³/mol. The minimum Gasteiger partial charge on any atom is -0.598 e. The van der Waals surface area contributed by atoms with Gasteiger partial charge in [-0.3, -0.25) is 9.78 Å². The Morgan fingerprint density at radius 2 is 2.00 bits per heavy atom. The molecule has 13 heteroatoms. The van der Waals surface area contributed by atoms with Crippen LogP contribution in [0.25, 0.3) is 0 Å². The first-order valence-electron chi connectivity index (χ1n) is 14.5. The van der Waals surface area contributed by atoms with Gasteiger partial charge in [0.2, 0.25) is 0 Å². The number of halogens is 1. The smallest absolute Gasteiger partial charge is 0.271 e. The lowest BCUT2D eigenvalue weighted by atomic mass is 9.73. The van der Waals surface area contributed by atoms with Crippen LogP contribution in [0.2, 0.25) is 5.02 Å². The largest absolute Gasteiger partial charge is 0.598 e. The molecule has 2 fully saturated rings. The summed E-state index contributed by atoms with van der Waals surface area (Å²) in [6, 6.07) is 5.50. The Kier molecular flexibility index (Phi) is 10.1. The zero-order valence-electron chi connectivity index (χ0n) is 24.9. The van der Waals surface area contributed by atoms with Gasteiger partial charge in [-0.25, -0.2) is 15.0 Å². The number of carbonyl (C=O) groups excluding carboxylic acids is 1. The summed E-state index contributed by atoms with van der Waals surface area (Å²) in [5.41, 5.74) is 0.980. The van der Waals surface area contributed by atoms with Crippen LogP contribution in [0.4, 0.5) is 5.82 Å². The molecule has 3 atom stereocenters. The van der Waals surface area contributed by atoms with Gasteiger partial charge in [0.05, 0.1) is 36.2 Å². The Hall–Kier alpha value is -2.48. The van der Waals surface area contributed by atoms with Gasteiger partial charge in [0.25, 0.3) is 5.91 Å². The number of nitrogens with zero attached hydrogens (tertiary/aromatic N) is 5. The van der Waals surface area contributed by atoms with E-state index in [4.69, 9.17) is 21.3 Å². The fourth-order valence-corrected chi connectivity index (χ4v) is 7.63. The van der Waals surface area contributed by atoms with Gasteiger partial charge in [-0.05, 0) is 57.7 Å². The molecular formula is C30H38ClN7O3S2. The summed E-state index contributed by atoms with van der Waals surface area (Å²) in [7, 11) is 0. The van der Waals surface area contributed by atoms with E-state index in [0.29, 0.717) is 23.1 Å². The van der Waals surface area contributed by atoms with Crippen LogP contribution in [0.3, 0.4) is 0 Å². The molecule has 1 spiro atoms. The summed E-state index contributed by atoms with van der Waals surface area (Å²) in [5, 5.41) is 3.77. The molecule has 2 N–H and O–H groups in total. The van der Waals surface area contributed by atoms with Gasteiger partial charge >= 0.3 is 0 Å². The summed E-state index contributed by atoms with van der Waals surface area (Å²) >= 11 is 6.77. The van der Waals surface area contributed by atoms with E-state index in [9.17, 15) is 9.35 Å². The number of anilines is 1. The van der Waals surface area contributed by atoms with Crippen molar-refractivity contribution in [2.45, 2.75) is 80.3 Å². The Labute approximate surface area is 265 Å². The number of ether oxygens (including phenoxy) is 1. The lowest BCUT2D eigenvalue weighted by Gasteiger charge is -2.43. The molecule has 2 aliphatic heterocycles. The first-order chi connectivity index (χ1) is 20.6. The molecule has 0 bridgehead atoms. The van der Waals surface area contributed by atoms with Gasteiger partial charge in [-0.1, -0.05) is 36.4 Å². The van der Waals surface area contributed by atoms with E-state index < -0.39 is 11.4 Å². The van der Waals surface area contributed by atoms with Crippen LogP contribution in [0.5, 0.6) is 0 Å². The number of carbonyl (C=O) groups is 1. The fourth-order valence-electron chi connectivity index (χ4n) is 5.31. The van der Waals surface area contributed by atoms with Crippen molar-refractivity contribution in [1.82, 2.24) is 30.0 Å². The molecule has 43 heavy (non-hydrogen) atoms. The number of pyridine rings is 2. The second-order valence-electron chi connectivity index (χ2n) is 11.7. The first kappa shape index (κ1) is 31.9. The average molecular weight is 644 g/mol. The van der Waals surface area contributed by atoms with Crippen molar-refractivity contribution in [3.63, 3.8) is 0 Å². The van der Waals surface area contributed by atoms with Crippen molar-refractivity contribution >= 4 is 46.4 Å². The second-order valence-corrected chi connectivity index (χ2v) is 15.0. The van der Waals surface area contributed by atoms with E-state index in [-0.39, 0.29) is 38.9 Å². The number of amides is 1.